The van der Waals surface area contributed by atoms with Gasteiger partial charge < -0.3 is 33.5 Å². The quantitative estimate of drug-likeness (QED) is 0.159. The predicted octanol–water partition coefficient (Wildman–Crippen LogP) is 1.87. The number of hydrogen-bond donors (Lipinski definition) is 2. The summed E-state index contributed by atoms with van der Waals surface area (Å²) in [6, 6.07) is 2.26. The van der Waals surface area contributed by atoms with Crippen molar-refractivity contribution < 1.29 is 33.0 Å². The second-order valence-electron chi connectivity index (χ2n) is 8.09. The molecule has 0 unspecified atom stereocenters. The van der Waals surface area contributed by atoms with Crippen molar-refractivity contribution in [2.24, 2.45) is 15.9 Å². The van der Waals surface area contributed by atoms with Crippen LogP contribution in [0.5, 0.6) is 5.75 Å². The Bertz CT molecular complexity index is 970. The highest BCUT2D eigenvalue weighted by Gasteiger charge is 2.41. The molecular formula is C24H38N4O8S. The number of nitrogens with two attached hydrogens (primary N) is 1. The fourth-order valence-electron chi connectivity index (χ4n) is 3.21. The van der Waals surface area contributed by atoms with Crippen molar-refractivity contribution in [3.8, 4) is 5.75 Å². The Morgan fingerprint density at radius 2 is 1.86 bits per heavy atom. The van der Waals surface area contributed by atoms with Crippen LogP contribution in [0.15, 0.2) is 31.5 Å². The van der Waals surface area contributed by atoms with E-state index in [1.165, 1.54) is 24.9 Å². The van der Waals surface area contributed by atoms with Gasteiger partial charge in [0.25, 0.3) is 5.91 Å². The van der Waals surface area contributed by atoms with Gasteiger partial charge >= 0.3 is 5.63 Å². The molecule has 0 aromatic carbocycles. The highest BCUT2D eigenvalue weighted by atomic mass is 32.2. The van der Waals surface area contributed by atoms with Gasteiger partial charge in [0, 0.05) is 18.4 Å². The Labute approximate surface area is 221 Å². The molecule has 1 aliphatic rings. The molecule has 0 spiro atoms. The summed E-state index contributed by atoms with van der Waals surface area (Å²) >= 11 is 1.32. The molecule has 2 atom stereocenters. The Balaban J connectivity index is 1.85. The first-order valence-electron chi connectivity index (χ1n) is 12.2. The summed E-state index contributed by atoms with van der Waals surface area (Å²) in [6.07, 6.45) is 1.28. The molecule has 0 radical (unpaired) electrons. The summed E-state index contributed by atoms with van der Waals surface area (Å²) in [6.45, 7) is 8.94. The predicted molar refractivity (Wildman–Crippen MR) is 141 cm³/mol. The smallest absolute Gasteiger partial charge is 0.339 e. The van der Waals surface area contributed by atoms with Crippen LogP contribution in [0.3, 0.4) is 0 Å². The lowest BCUT2D eigenvalue weighted by molar-refractivity contribution is -0.126. The first-order valence-corrected chi connectivity index (χ1v) is 13.2. The van der Waals surface area contributed by atoms with Crippen LogP contribution in [0, 0.1) is 0 Å². The van der Waals surface area contributed by atoms with Gasteiger partial charge in [-0.05, 0) is 20.3 Å². The minimum Gasteiger partial charge on any atom is -0.496 e. The monoisotopic (exact) mass is 542 g/mol. The van der Waals surface area contributed by atoms with Gasteiger partial charge in [-0.25, -0.2) is 9.79 Å². The normalized spacial score (nSPS) is 18.4. The maximum Gasteiger partial charge on any atom is 0.339 e. The molecule has 37 heavy (non-hydrogen) atoms. The number of amides is 1. The average Bonchev–Trinajstić information content (AvgIpc) is 3.30. The summed E-state index contributed by atoms with van der Waals surface area (Å²) in [5.74, 6) is 0.394. The van der Waals surface area contributed by atoms with E-state index >= 15 is 0 Å². The van der Waals surface area contributed by atoms with Gasteiger partial charge in [-0.2, -0.15) is 0 Å². The fraction of sp³-hybridized carbons (Fsp3) is 0.667. The maximum absolute atomic E-state index is 13.1. The van der Waals surface area contributed by atoms with Crippen LogP contribution in [0.25, 0.3) is 0 Å². The number of carbonyl (C=O) groups excluding carboxylic acids is 1. The van der Waals surface area contributed by atoms with Crippen molar-refractivity contribution >= 4 is 28.4 Å². The Kier molecular flexibility index (Phi) is 13.6. The average molecular weight is 543 g/mol. The molecule has 12 nitrogen and oxygen atoms in total. The van der Waals surface area contributed by atoms with E-state index in [9.17, 15) is 9.59 Å². The molecule has 208 valence electrons. The number of aliphatic imine (C=N–C) groups is 1. The molecule has 0 saturated carbocycles. The number of ether oxygens (including phenoxy) is 4. The van der Waals surface area contributed by atoms with Gasteiger partial charge in [0.15, 0.2) is 5.66 Å². The number of methoxy groups -OCH3 is 1. The minimum absolute atomic E-state index is 0.230. The second kappa shape index (κ2) is 16.4. The van der Waals surface area contributed by atoms with E-state index < -0.39 is 23.2 Å². The largest absolute Gasteiger partial charge is 0.496 e. The SMILES string of the molecule is CCC[C@@H](NC(=O)[C@]1(N)CSC(/C(C)=N/OCCOCCOCCOCC)=N1)c1cc(OC)cc(=O)o1. The minimum atomic E-state index is -1.49. The highest BCUT2D eigenvalue weighted by Crippen LogP contribution is 2.27. The molecule has 2 heterocycles. The highest BCUT2D eigenvalue weighted by molar-refractivity contribution is 8.16. The molecule has 1 aliphatic heterocycles. The van der Waals surface area contributed by atoms with Crippen molar-refractivity contribution in [2.75, 3.05) is 59.1 Å². The van der Waals surface area contributed by atoms with E-state index in [0.29, 0.717) is 68.3 Å². The van der Waals surface area contributed by atoms with Crippen LogP contribution >= 0.6 is 11.8 Å². The molecule has 1 aromatic rings. The van der Waals surface area contributed by atoms with Gasteiger partial charge in [0.05, 0.1) is 52.3 Å². The lowest BCUT2D eigenvalue weighted by atomic mass is 10.1. The van der Waals surface area contributed by atoms with Crippen molar-refractivity contribution in [1.29, 1.82) is 0 Å². The van der Waals surface area contributed by atoms with Gasteiger partial charge in [0.2, 0.25) is 0 Å². The van der Waals surface area contributed by atoms with Crippen LogP contribution in [0.1, 0.15) is 45.4 Å². The van der Waals surface area contributed by atoms with Gasteiger partial charge in [-0.15, -0.1) is 11.8 Å². The molecule has 0 fully saturated rings. The zero-order valence-electron chi connectivity index (χ0n) is 21.9. The zero-order chi connectivity index (χ0) is 27.1. The van der Waals surface area contributed by atoms with E-state index in [-0.39, 0.29) is 12.4 Å². The molecule has 2 rings (SSSR count). The summed E-state index contributed by atoms with van der Waals surface area (Å²) in [4.78, 5) is 34.7. The van der Waals surface area contributed by atoms with Gasteiger partial charge in [-0.1, -0.05) is 18.5 Å². The molecule has 3 N–H and O–H groups in total. The topological polar surface area (TPSA) is 156 Å². The fourth-order valence-corrected chi connectivity index (χ4v) is 4.23. The maximum atomic E-state index is 13.1. The molecule has 0 aliphatic carbocycles. The first kappa shape index (κ1) is 30.8. The van der Waals surface area contributed by atoms with E-state index in [4.69, 9.17) is 33.9 Å². The van der Waals surface area contributed by atoms with Crippen LogP contribution in [-0.4, -0.2) is 81.4 Å². The van der Waals surface area contributed by atoms with Crippen LogP contribution in [0.4, 0.5) is 0 Å². The van der Waals surface area contributed by atoms with E-state index in [2.05, 4.69) is 15.5 Å². The van der Waals surface area contributed by atoms with Crippen LogP contribution in [0.2, 0.25) is 0 Å². The number of nitrogens with zero attached hydrogens (tertiary/aromatic N) is 2. The van der Waals surface area contributed by atoms with Crippen LogP contribution < -0.4 is 21.4 Å². The number of thioether (sulfide) groups is 1. The van der Waals surface area contributed by atoms with Crippen molar-refractivity contribution in [3.63, 3.8) is 0 Å². The molecule has 1 amide bonds. The molecular weight excluding hydrogens is 504 g/mol. The molecule has 13 heteroatoms. The zero-order valence-corrected chi connectivity index (χ0v) is 22.8. The van der Waals surface area contributed by atoms with Crippen molar-refractivity contribution in [3.05, 3.63) is 28.3 Å². The Hall–Kier alpha value is -2.45. The van der Waals surface area contributed by atoms with E-state index in [0.717, 1.165) is 6.42 Å². The summed E-state index contributed by atoms with van der Waals surface area (Å²) < 4.78 is 26.4. The Morgan fingerprint density at radius 1 is 1.19 bits per heavy atom. The lowest BCUT2D eigenvalue weighted by Gasteiger charge is -2.23. The molecule has 1 aromatic heterocycles. The van der Waals surface area contributed by atoms with Gasteiger partial charge in [-0.3, -0.25) is 10.5 Å². The van der Waals surface area contributed by atoms with Gasteiger partial charge in [0.1, 0.15) is 28.9 Å². The third-order valence-corrected chi connectivity index (χ3v) is 6.37. The summed E-state index contributed by atoms with van der Waals surface area (Å²) in [7, 11) is 1.45. The number of nitrogens with one attached hydrogen (secondary N) is 1. The third-order valence-electron chi connectivity index (χ3n) is 5.13. The van der Waals surface area contributed by atoms with E-state index in [1.54, 1.807) is 13.0 Å². The molecule has 0 bridgehead atoms. The standard InChI is InChI=1S/C24H38N4O8S/c1-5-7-19(20-14-18(31-4)15-21(29)36-20)26-23(30)24(25)16-37-22(27-24)17(3)28-35-13-12-34-11-10-33-9-8-32-6-2/h14-15,19H,5-13,16,25H2,1-4H3,(H,26,30)/b28-17+/t19-,24+/m1/s1. The molecule has 0 saturated heterocycles. The Morgan fingerprint density at radius 3 is 2.51 bits per heavy atom. The van der Waals surface area contributed by atoms with E-state index in [1.807, 2.05) is 13.8 Å². The third kappa shape index (κ3) is 10.4. The number of oxime groups is 1. The van der Waals surface area contributed by atoms with Crippen molar-refractivity contribution in [1.82, 2.24) is 5.32 Å². The summed E-state index contributed by atoms with van der Waals surface area (Å²) in [5.41, 5.74) is 4.78. The summed E-state index contributed by atoms with van der Waals surface area (Å²) in [5, 5.41) is 7.43. The van der Waals surface area contributed by atoms with Crippen molar-refractivity contribution in [2.45, 2.75) is 45.3 Å². The first-order chi connectivity index (χ1) is 17.8. The number of hydrogen-bond acceptors (Lipinski definition) is 12. The number of carbonyl (C=O) groups is 1. The van der Waals surface area contributed by atoms with Crippen LogP contribution in [-0.2, 0) is 23.8 Å². The lowest BCUT2D eigenvalue weighted by Crippen LogP contribution is -2.54. The second-order valence-corrected chi connectivity index (χ2v) is 9.06. The number of rotatable bonds is 18.